The van der Waals surface area contributed by atoms with Crippen LogP contribution in [-0.4, -0.2) is 92.0 Å². The third kappa shape index (κ3) is 4.04. The normalized spacial score (nSPS) is 52.2. The number of rotatable bonds is 2. The van der Waals surface area contributed by atoms with E-state index in [1.807, 2.05) is 0 Å². The second-order valence-corrected chi connectivity index (χ2v) is 13.0. The van der Waals surface area contributed by atoms with E-state index in [0.717, 1.165) is 70.9 Å². The Kier molecular flexibility index (Phi) is 7.49. The van der Waals surface area contributed by atoms with E-state index in [9.17, 15) is 10.2 Å². The third-order valence-corrected chi connectivity index (χ3v) is 11.9. The van der Waals surface area contributed by atoms with E-state index in [1.165, 1.54) is 38.5 Å². The summed E-state index contributed by atoms with van der Waals surface area (Å²) in [5, 5.41) is 22.8. The molecular weight excluding hydrogens is 496 g/mol. The van der Waals surface area contributed by atoms with Gasteiger partial charge in [0.2, 0.25) is 0 Å². The molecule has 10 atom stereocenters. The summed E-state index contributed by atoms with van der Waals surface area (Å²) in [4.78, 5) is 4.12. The van der Waals surface area contributed by atoms with E-state index in [4.69, 9.17) is 9.47 Å². The fraction of sp³-hybridized carbons (Fsp3) is 1.00. The Morgan fingerprint density at radius 3 is 2.29 bits per heavy atom. The molecule has 0 radical (unpaired) electrons. The van der Waals surface area contributed by atoms with Crippen LogP contribution in [0.4, 0.5) is 0 Å². The van der Waals surface area contributed by atoms with Gasteiger partial charge in [-0.05, 0) is 73.0 Å². The van der Waals surface area contributed by atoms with Gasteiger partial charge in [-0.15, -0.1) is 0 Å². The van der Waals surface area contributed by atoms with Gasteiger partial charge in [-0.25, -0.2) is 0 Å². The number of nitrogens with one attached hydrogen (secondary N) is 1. The molecule has 0 amide bonds. The monoisotopic (exact) mass is 542 g/mol. The van der Waals surface area contributed by atoms with Crippen molar-refractivity contribution in [2.45, 2.75) is 83.1 Å². The second-order valence-electron chi connectivity index (χ2n) is 13.0. The molecule has 34 heavy (non-hydrogen) atoms. The zero-order chi connectivity index (χ0) is 22.8. The van der Waals surface area contributed by atoms with Crippen LogP contribution in [-0.2, 0) is 9.47 Å². The molecule has 0 aromatic carbocycles. The molecule has 0 spiro atoms. The third-order valence-electron chi connectivity index (χ3n) is 11.9. The minimum Gasteiger partial charge on any atom is -1.00 e. The summed E-state index contributed by atoms with van der Waals surface area (Å²) in [6.07, 6.45) is 7.98. The van der Waals surface area contributed by atoms with Gasteiger partial charge >= 0.3 is 0 Å². The summed E-state index contributed by atoms with van der Waals surface area (Å²) < 4.78 is 11.2. The highest BCUT2D eigenvalue weighted by molar-refractivity contribution is 5.13. The molecule has 2 aliphatic heterocycles. The van der Waals surface area contributed by atoms with Gasteiger partial charge < -0.3 is 41.6 Å². The number of halogens is 1. The lowest BCUT2D eigenvalue weighted by molar-refractivity contribution is -0.938. The lowest BCUT2D eigenvalue weighted by atomic mass is 9.44. The van der Waals surface area contributed by atoms with Gasteiger partial charge in [0.15, 0.2) is 0 Å². The Labute approximate surface area is 216 Å². The van der Waals surface area contributed by atoms with E-state index in [1.54, 1.807) is 4.90 Å². The number of aliphatic hydroxyl groups is 2. The number of quaternary nitrogens is 1. The van der Waals surface area contributed by atoms with Gasteiger partial charge in [0.05, 0.1) is 32.5 Å². The van der Waals surface area contributed by atoms with Crippen molar-refractivity contribution >= 4 is 0 Å². The van der Waals surface area contributed by atoms with Crippen LogP contribution in [0.25, 0.3) is 0 Å². The highest BCUT2D eigenvalue weighted by Crippen LogP contribution is 2.66. The minimum atomic E-state index is -0.203. The molecule has 6 nitrogen and oxygen atoms in total. The smallest absolute Gasteiger partial charge is 0.114 e. The second kappa shape index (κ2) is 9.85. The van der Waals surface area contributed by atoms with Crippen molar-refractivity contribution in [1.82, 2.24) is 4.90 Å². The first-order chi connectivity index (χ1) is 15.9. The van der Waals surface area contributed by atoms with E-state index in [2.05, 4.69) is 18.7 Å². The largest absolute Gasteiger partial charge is 1.00 e. The van der Waals surface area contributed by atoms with Gasteiger partial charge in [0.1, 0.15) is 25.2 Å². The standard InChI is InChI=1S/C27H46N2O4.BrH/c1-26-6-5-20-19(21(26)16-22(25(26)31)28-7-11-32-12-8-28)4-3-18-15-24(30)23(17-27(18,20)2)29-9-13-33-14-10-29;/h18-25,30-31H,3-17H2,1-2H3;1H/t18-,19+,20-,21-,22-,23-,24-,25-,26-,27-;/m0./s1. The fourth-order valence-electron chi connectivity index (χ4n) is 9.97. The number of ether oxygens (including phenoxy) is 2. The van der Waals surface area contributed by atoms with Crippen LogP contribution in [0, 0.1) is 34.5 Å². The van der Waals surface area contributed by atoms with Gasteiger partial charge in [-0.1, -0.05) is 13.8 Å². The van der Waals surface area contributed by atoms with E-state index in [0.29, 0.717) is 29.3 Å². The predicted octanol–water partition coefficient (Wildman–Crippen LogP) is -2.04. The van der Waals surface area contributed by atoms with E-state index < -0.39 is 0 Å². The maximum atomic E-state index is 11.6. The molecule has 0 bridgehead atoms. The minimum absolute atomic E-state index is 0. The van der Waals surface area contributed by atoms with E-state index in [-0.39, 0.29) is 34.6 Å². The topological polar surface area (TPSA) is 66.6 Å². The molecule has 0 unspecified atom stereocenters. The van der Waals surface area contributed by atoms with Gasteiger partial charge in [0.25, 0.3) is 0 Å². The molecule has 6 rings (SSSR count). The van der Waals surface area contributed by atoms with Gasteiger partial charge in [0, 0.05) is 25.6 Å². The molecule has 2 heterocycles. The number of morpholine rings is 2. The van der Waals surface area contributed by atoms with Crippen molar-refractivity contribution in [2.24, 2.45) is 34.5 Å². The van der Waals surface area contributed by atoms with Crippen molar-refractivity contribution in [3.05, 3.63) is 0 Å². The highest BCUT2D eigenvalue weighted by atomic mass is 79.9. The molecule has 7 heteroatoms. The molecule has 4 saturated carbocycles. The Hall–Kier alpha value is 0.240. The van der Waals surface area contributed by atoms with Crippen molar-refractivity contribution in [3.63, 3.8) is 0 Å². The van der Waals surface area contributed by atoms with Crippen LogP contribution in [0.1, 0.15) is 58.8 Å². The number of fused-ring (bicyclic) bond motifs is 5. The molecule has 6 aliphatic rings. The predicted molar refractivity (Wildman–Crippen MR) is 126 cm³/mol. The molecule has 6 fully saturated rings. The summed E-state index contributed by atoms with van der Waals surface area (Å²) in [6.45, 7) is 12.3. The van der Waals surface area contributed by atoms with Crippen molar-refractivity contribution in [2.75, 3.05) is 52.6 Å². The number of hydrogen-bond acceptors (Lipinski definition) is 5. The Bertz CT molecular complexity index is 717. The maximum Gasteiger partial charge on any atom is 0.114 e. The number of hydrogen-bond donors (Lipinski definition) is 3. The van der Waals surface area contributed by atoms with Gasteiger partial charge in [-0.3, -0.25) is 4.90 Å². The molecule has 0 aromatic heterocycles. The molecule has 2 saturated heterocycles. The summed E-state index contributed by atoms with van der Waals surface area (Å²) >= 11 is 0. The number of aliphatic hydroxyl groups excluding tert-OH is 2. The Morgan fingerprint density at radius 2 is 1.56 bits per heavy atom. The average Bonchev–Trinajstić information content (AvgIpc) is 3.11. The lowest BCUT2D eigenvalue weighted by Gasteiger charge is -2.61. The Balaban J connectivity index is 0.00000241. The zero-order valence-corrected chi connectivity index (χ0v) is 22.8. The first kappa shape index (κ1) is 25.9. The molecule has 0 aromatic rings. The molecule has 196 valence electrons. The zero-order valence-electron chi connectivity index (χ0n) is 21.3. The fourth-order valence-corrected chi connectivity index (χ4v) is 9.97. The van der Waals surface area contributed by atoms with Crippen LogP contribution in [0.15, 0.2) is 0 Å². The first-order valence-corrected chi connectivity index (χ1v) is 14.0. The summed E-state index contributed by atoms with van der Waals surface area (Å²) in [7, 11) is 0. The quantitative estimate of drug-likeness (QED) is 0.375. The lowest BCUT2D eigenvalue weighted by Crippen LogP contribution is -3.19. The molecular formula is C27H47BrN2O4. The van der Waals surface area contributed by atoms with Crippen LogP contribution < -0.4 is 21.9 Å². The summed E-state index contributed by atoms with van der Waals surface area (Å²) in [5.74, 6) is 2.79. The van der Waals surface area contributed by atoms with Crippen LogP contribution >= 0.6 is 0 Å². The highest BCUT2D eigenvalue weighted by Gasteiger charge is 2.64. The maximum absolute atomic E-state index is 11.6. The van der Waals surface area contributed by atoms with Crippen LogP contribution in [0.2, 0.25) is 0 Å². The van der Waals surface area contributed by atoms with Crippen molar-refractivity contribution in [3.8, 4) is 0 Å². The summed E-state index contributed by atoms with van der Waals surface area (Å²) in [5.41, 5.74) is 0.401. The first-order valence-electron chi connectivity index (χ1n) is 14.0. The molecule has 4 aliphatic carbocycles. The van der Waals surface area contributed by atoms with Crippen LogP contribution in [0.3, 0.4) is 0 Å². The molecule has 3 N–H and O–H groups in total. The number of nitrogens with zero attached hydrogens (tertiary/aromatic N) is 1. The van der Waals surface area contributed by atoms with E-state index >= 15 is 0 Å². The van der Waals surface area contributed by atoms with Crippen LogP contribution in [0.5, 0.6) is 0 Å². The Morgan fingerprint density at radius 1 is 0.853 bits per heavy atom. The average molecular weight is 544 g/mol. The SMILES string of the molecule is C[C@]12C[C@H]([NH+]3CCOCC3)[C@@H](O)C[C@@H]1CC[C@@H]1[C@@H]2CC[C@]2(C)[C@@H](O)[C@@H](N3CCOCC3)C[C@@H]12.[Br-]. The van der Waals surface area contributed by atoms with Gasteiger partial charge in [-0.2, -0.15) is 0 Å². The summed E-state index contributed by atoms with van der Waals surface area (Å²) in [6, 6.07) is 0.685. The van der Waals surface area contributed by atoms with Crippen molar-refractivity contribution < 1.29 is 41.6 Å². The van der Waals surface area contributed by atoms with Crippen molar-refractivity contribution in [1.29, 1.82) is 0 Å².